The van der Waals surface area contributed by atoms with Gasteiger partial charge < -0.3 is 24.5 Å². The van der Waals surface area contributed by atoms with Gasteiger partial charge in [0.1, 0.15) is 34.0 Å². The quantitative estimate of drug-likeness (QED) is 0.0812. The molecule has 11 heteroatoms. The van der Waals surface area contributed by atoms with Crippen LogP contribution >= 0.6 is 0 Å². The molecule has 2 heterocycles. The number of fused-ring (bicyclic) bond motifs is 1. The lowest BCUT2D eigenvalue weighted by Crippen LogP contribution is -2.56. The van der Waals surface area contributed by atoms with Gasteiger partial charge in [-0.3, -0.25) is 19.2 Å². The number of aromatic hydroxyl groups is 2. The predicted octanol–water partition coefficient (Wildman–Crippen LogP) is 8.61. The van der Waals surface area contributed by atoms with Gasteiger partial charge in [0.2, 0.25) is 0 Å². The van der Waals surface area contributed by atoms with Crippen molar-refractivity contribution >= 4 is 35.4 Å². The summed E-state index contributed by atoms with van der Waals surface area (Å²) in [4.78, 5) is 71.0. The third kappa shape index (κ3) is 9.42. The third-order valence-electron chi connectivity index (χ3n) is 11.0. The number of rotatable bonds is 14. The highest BCUT2D eigenvalue weighted by atomic mass is 16.7. The first-order chi connectivity index (χ1) is 26.1. The molecular formula is C45H59NO10. The number of amides is 2. The number of ketones is 2. The number of Topliss-reactive ketones (excluding diaryl/α,β-unsaturated/α-hetero) is 2. The summed E-state index contributed by atoms with van der Waals surface area (Å²) in [5.41, 5.74) is 0.750. The second kappa shape index (κ2) is 17.6. The van der Waals surface area contributed by atoms with E-state index in [-0.39, 0.29) is 71.9 Å². The number of ether oxygens (including phenoxy) is 2. The van der Waals surface area contributed by atoms with Crippen molar-refractivity contribution < 1.29 is 48.5 Å². The van der Waals surface area contributed by atoms with Crippen LogP contribution in [-0.4, -0.2) is 61.9 Å². The third-order valence-corrected chi connectivity index (χ3v) is 11.0. The standard InChI is InChI=1S/C45H59NO10/c1-25(2)13-12-20-44(11)21-19-34-40(51)37(39(50)33(41(34)55-44)15-14-26(3)4)38(49)30(9)24-32-23-29(8)31(10)45(42(32)52,54-27(5)6)22-18-28(7)43(53)56-46-35(47)16-17-36(46)48/h13-14,18-19,21,24,27,29,31-32,50-51H,12,15-17,20,22-23H2,1-11H3/b28-18-,30-24+. The predicted molar refractivity (Wildman–Crippen MR) is 214 cm³/mol. The number of allylic oxidation sites excluding steroid dienone is 6. The van der Waals surface area contributed by atoms with E-state index in [1.54, 1.807) is 19.1 Å². The number of hydrogen-bond acceptors (Lipinski definition) is 10. The fourth-order valence-electron chi connectivity index (χ4n) is 7.62. The Kier molecular flexibility index (Phi) is 13.8. The van der Waals surface area contributed by atoms with Gasteiger partial charge in [-0.15, -0.1) is 5.06 Å². The molecule has 5 unspecified atom stereocenters. The zero-order valence-electron chi connectivity index (χ0n) is 34.8. The van der Waals surface area contributed by atoms with Gasteiger partial charge in [0.05, 0.1) is 11.7 Å². The number of hydrogen-bond donors (Lipinski definition) is 2. The summed E-state index contributed by atoms with van der Waals surface area (Å²) in [5.74, 6) is -4.60. The molecular weight excluding hydrogens is 714 g/mol. The summed E-state index contributed by atoms with van der Waals surface area (Å²) < 4.78 is 13.0. The Bertz CT molecular complexity index is 1910. The first kappa shape index (κ1) is 44.0. The average Bonchev–Trinajstić information content (AvgIpc) is 3.42. The molecule has 1 saturated heterocycles. The number of phenols is 2. The Morgan fingerprint density at radius 2 is 1.57 bits per heavy atom. The molecule has 0 radical (unpaired) electrons. The second-order valence-electron chi connectivity index (χ2n) is 16.6. The number of imide groups is 1. The van der Waals surface area contributed by atoms with Crippen molar-refractivity contribution in [3.63, 3.8) is 0 Å². The molecule has 2 fully saturated rings. The first-order valence-electron chi connectivity index (χ1n) is 19.6. The van der Waals surface area contributed by atoms with Crippen LogP contribution in [0.3, 0.4) is 0 Å². The summed E-state index contributed by atoms with van der Waals surface area (Å²) in [5, 5.41) is 23.9. The average molecular weight is 774 g/mol. The molecule has 11 nitrogen and oxygen atoms in total. The number of carbonyl (C=O) groups excluding carboxylic acids is 5. The summed E-state index contributed by atoms with van der Waals surface area (Å²) in [6.45, 7) is 20.5. The minimum atomic E-state index is -1.40. The lowest BCUT2D eigenvalue weighted by molar-refractivity contribution is -0.194. The highest BCUT2D eigenvalue weighted by molar-refractivity contribution is 6.13. The van der Waals surface area contributed by atoms with Crippen LogP contribution in [0.25, 0.3) is 6.08 Å². The van der Waals surface area contributed by atoms with Crippen LogP contribution < -0.4 is 4.74 Å². The van der Waals surface area contributed by atoms with Crippen molar-refractivity contribution in [2.75, 3.05) is 0 Å². The van der Waals surface area contributed by atoms with Crippen LogP contribution in [-0.2, 0) is 35.2 Å². The Labute approximate surface area is 331 Å². The summed E-state index contributed by atoms with van der Waals surface area (Å²) in [6.07, 6.45) is 12.4. The largest absolute Gasteiger partial charge is 0.507 e. The van der Waals surface area contributed by atoms with Crippen molar-refractivity contribution in [2.24, 2.45) is 17.8 Å². The van der Waals surface area contributed by atoms with Gasteiger partial charge in [-0.05, 0) is 118 Å². The smallest absolute Gasteiger partial charge is 0.359 e. The molecule has 1 aromatic rings. The van der Waals surface area contributed by atoms with E-state index in [0.717, 1.165) is 12.0 Å². The molecule has 0 bridgehead atoms. The van der Waals surface area contributed by atoms with Crippen molar-refractivity contribution in [3.05, 3.63) is 69.4 Å². The van der Waals surface area contributed by atoms with Crippen molar-refractivity contribution in [2.45, 2.75) is 138 Å². The number of nitrogens with zero attached hydrogens (tertiary/aromatic N) is 1. The molecule has 1 saturated carbocycles. The molecule has 56 heavy (non-hydrogen) atoms. The van der Waals surface area contributed by atoms with E-state index in [4.69, 9.17) is 14.3 Å². The Morgan fingerprint density at radius 3 is 2.16 bits per heavy atom. The molecule has 0 spiro atoms. The number of hydroxylamine groups is 2. The van der Waals surface area contributed by atoms with Gasteiger partial charge in [0, 0.05) is 36.3 Å². The normalized spacial score (nSPS) is 25.2. The highest BCUT2D eigenvalue weighted by Gasteiger charge is 2.52. The first-order valence-corrected chi connectivity index (χ1v) is 19.6. The Hall–Kier alpha value is -4.77. The molecule has 304 valence electrons. The number of carbonyl (C=O) groups is 5. The van der Waals surface area contributed by atoms with E-state index >= 15 is 0 Å². The van der Waals surface area contributed by atoms with E-state index in [9.17, 15) is 34.2 Å². The van der Waals surface area contributed by atoms with Crippen LogP contribution in [0, 0.1) is 17.8 Å². The maximum absolute atomic E-state index is 14.6. The minimum Gasteiger partial charge on any atom is -0.507 e. The van der Waals surface area contributed by atoms with Crippen molar-refractivity contribution in [1.82, 2.24) is 5.06 Å². The van der Waals surface area contributed by atoms with Crippen molar-refractivity contribution in [3.8, 4) is 17.2 Å². The molecule has 5 atom stereocenters. The van der Waals surface area contributed by atoms with Gasteiger partial charge in [-0.2, -0.15) is 0 Å². The molecule has 4 rings (SSSR count). The van der Waals surface area contributed by atoms with E-state index in [0.29, 0.717) is 34.8 Å². The number of benzene rings is 1. The van der Waals surface area contributed by atoms with Crippen LogP contribution in [0.4, 0.5) is 0 Å². The molecule has 2 N–H and O–H groups in total. The monoisotopic (exact) mass is 773 g/mol. The van der Waals surface area contributed by atoms with E-state index in [1.165, 1.54) is 18.6 Å². The maximum atomic E-state index is 14.6. The second-order valence-corrected chi connectivity index (χ2v) is 16.6. The van der Waals surface area contributed by atoms with Crippen molar-refractivity contribution in [1.29, 1.82) is 0 Å². The fourth-order valence-corrected chi connectivity index (χ4v) is 7.62. The lowest BCUT2D eigenvalue weighted by atomic mass is 9.63. The fraction of sp³-hybridized carbons (Fsp3) is 0.533. The van der Waals surface area contributed by atoms with Crippen LogP contribution in [0.1, 0.15) is 136 Å². The molecule has 3 aliphatic rings. The molecule has 1 aliphatic carbocycles. The Morgan fingerprint density at radius 1 is 0.946 bits per heavy atom. The van der Waals surface area contributed by atoms with Crippen LogP contribution in [0.5, 0.6) is 17.2 Å². The van der Waals surface area contributed by atoms with Gasteiger partial charge >= 0.3 is 5.97 Å². The zero-order chi connectivity index (χ0) is 41.9. The zero-order valence-corrected chi connectivity index (χ0v) is 34.8. The number of phenolic OH excluding ortho intramolecular Hbond substituents is 2. The van der Waals surface area contributed by atoms with E-state index in [2.05, 4.69) is 6.08 Å². The molecule has 0 aromatic heterocycles. The van der Waals surface area contributed by atoms with Gasteiger partial charge in [0.25, 0.3) is 11.8 Å². The summed E-state index contributed by atoms with van der Waals surface area (Å²) >= 11 is 0. The topological polar surface area (TPSA) is 157 Å². The van der Waals surface area contributed by atoms with Gasteiger partial charge in [0.15, 0.2) is 11.6 Å². The Balaban J connectivity index is 1.71. The van der Waals surface area contributed by atoms with E-state index < -0.39 is 46.4 Å². The summed E-state index contributed by atoms with van der Waals surface area (Å²) in [7, 11) is 0. The highest BCUT2D eigenvalue weighted by Crippen LogP contribution is 2.49. The van der Waals surface area contributed by atoms with Crippen LogP contribution in [0.15, 0.2) is 52.7 Å². The summed E-state index contributed by atoms with van der Waals surface area (Å²) in [6, 6.07) is 0. The van der Waals surface area contributed by atoms with Crippen LogP contribution in [0.2, 0.25) is 0 Å². The minimum absolute atomic E-state index is 0.00457. The lowest BCUT2D eigenvalue weighted by Gasteiger charge is -2.47. The van der Waals surface area contributed by atoms with Gasteiger partial charge in [-0.25, -0.2) is 4.79 Å². The molecule has 2 amide bonds. The molecule has 1 aromatic carbocycles. The maximum Gasteiger partial charge on any atom is 0.359 e. The SMILES string of the molecule is CC(C)=CCCC1(C)C=Cc2c(O)c(C(=O)/C(C)=C/C3CC(C)C(C)C(C/C=C(/C)C(=O)ON4C(=O)CCC4=O)(OC(C)C)C3=O)c(O)c(CC=C(C)C)c2O1. The van der Waals surface area contributed by atoms with Gasteiger partial charge in [-0.1, -0.05) is 49.3 Å². The molecule has 2 aliphatic heterocycles. The van der Waals surface area contributed by atoms with E-state index in [1.807, 2.05) is 74.5 Å².